The Morgan fingerprint density at radius 2 is 1.66 bits per heavy atom. The van der Waals surface area contributed by atoms with E-state index in [1.165, 1.54) is 25.4 Å². The Hall–Kier alpha value is -6.13. The molecule has 0 spiro atoms. The van der Waals surface area contributed by atoms with E-state index in [4.69, 9.17) is 9.72 Å². The summed E-state index contributed by atoms with van der Waals surface area (Å²) in [5, 5.41) is 5.46. The molecule has 6 unspecified atom stereocenters. The lowest BCUT2D eigenvalue weighted by Gasteiger charge is -2.41. The monoisotopic (exact) mass is 898 g/mol. The third-order valence-electron chi connectivity index (χ3n) is 13.7. The summed E-state index contributed by atoms with van der Waals surface area (Å²) in [6.45, 7) is 11.8. The van der Waals surface area contributed by atoms with Crippen LogP contribution in [0.25, 0.3) is 22.4 Å². The topological polar surface area (TPSA) is 162 Å². The van der Waals surface area contributed by atoms with Gasteiger partial charge in [-0.25, -0.2) is 14.8 Å². The first-order valence-corrected chi connectivity index (χ1v) is 22.5. The van der Waals surface area contributed by atoms with Crippen molar-refractivity contribution in [2.24, 2.45) is 23.2 Å². The van der Waals surface area contributed by atoms with Crippen LogP contribution in [0.1, 0.15) is 95.4 Å². The zero-order valence-electron chi connectivity index (χ0n) is 37.6. The molecule has 4 aromatic rings. The fourth-order valence-corrected chi connectivity index (χ4v) is 9.91. The van der Waals surface area contributed by atoms with Gasteiger partial charge >= 0.3 is 12.5 Å². The Morgan fingerprint density at radius 1 is 0.938 bits per heavy atom. The maximum Gasteiger partial charge on any atom is 0.573 e. The Bertz CT molecular complexity index is 2400. The number of H-pyrrole nitrogens is 1. The number of imidazole rings is 1. The molecule has 2 aromatic carbocycles. The Balaban J connectivity index is 0.951. The van der Waals surface area contributed by atoms with E-state index in [-0.39, 0.29) is 58.3 Å². The van der Waals surface area contributed by atoms with Crippen molar-refractivity contribution < 1.29 is 41.8 Å². The molecule has 14 nitrogen and oxygen atoms in total. The number of aromatic nitrogens is 3. The number of alkyl carbamates (subject to hydrolysis) is 1. The number of pyridine rings is 1. The van der Waals surface area contributed by atoms with Gasteiger partial charge in [-0.05, 0) is 91.3 Å². The molecule has 3 N–H and O–H groups in total. The highest BCUT2D eigenvalue weighted by Crippen LogP contribution is 2.52. The van der Waals surface area contributed by atoms with Gasteiger partial charge in [0.15, 0.2) is 0 Å². The summed E-state index contributed by atoms with van der Waals surface area (Å²) < 4.78 is 50.7. The minimum atomic E-state index is -5.03. The van der Waals surface area contributed by atoms with Gasteiger partial charge in [-0.1, -0.05) is 64.8 Å². The maximum absolute atomic E-state index is 14.2. The Kier molecular flexibility index (Phi) is 12.6. The molecule has 6 atom stereocenters. The third kappa shape index (κ3) is 9.79. The molecule has 4 heterocycles. The number of piperazine rings is 1. The summed E-state index contributed by atoms with van der Waals surface area (Å²) >= 11 is 0. The van der Waals surface area contributed by atoms with E-state index in [1.807, 2.05) is 30.6 Å². The fourth-order valence-electron chi connectivity index (χ4n) is 9.91. The second-order valence-corrected chi connectivity index (χ2v) is 18.9. The van der Waals surface area contributed by atoms with E-state index < -0.39 is 30.2 Å². The van der Waals surface area contributed by atoms with Gasteiger partial charge in [0.1, 0.15) is 23.4 Å². The number of aromatic amines is 1. The molecule has 8 rings (SSSR count). The van der Waals surface area contributed by atoms with E-state index in [0.717, 1.165) is 44.6 Å². The zero-order valence-corrected chi connectivity index (χ0v) is 37.6. The van der Waals surface area contributed by atoms with Gasteiger partial charge in [0.05, 0.1) is 36.9 Å². The number of halogens is 3. The van der Waals surface area contributed by atoms with Crippen LogP contribution in [-0.2, 0) is 14.3 Å². The molecule has 2 saturated heterocycles. The predicted molar refractivity (Wildman–Crippen MR) is 238 cm³/mol. The molecule has 0 bridgehead atoms. The average Bonchev–Trinajstić information content (AvgIpc) is 3.56. The fraction of sp³-hybridized carbons (Fsp3) is 0.500. The number of likely N-dealkylation sites (tertiary alicyclic amines) is 1. The van der Waals surface area contributed by atoms with Crippen molar-refractivity contribution in [3.05, 3.63) is 78.4 Å². The van der Waals surface area contributed by atoms with E-state index >= 15 is 0 Å². The van der Waals surface area contributed by atoms with Crippen molar-refractivity contribution in [2.75, 3.05) is 37.0 Å². The minimum Gasteiger partial charge on any atom is -0.453 e. The minimum absolute atomic E-state index is 0.0183. The molecular weight excluding hydrogens is 842 g/mol. The van der Waals surface area contributed by atoms with Gasteiger partial charge in [0, 0.05) is 48.8 Å². The van der Waals surface area contributed by atoms with Crippen LogP contribution in [0, 0.1) is 23.2 Å². The number of hydrogen-bond donors (Lipinski definition) is 3. The summed E-state index contributed by atoms with van der Waals surface area (Å²) in [6, 6.07) is 13.1. The number of carbonyl (C=O) groups excluding carboxylic acids is 4. The van der Waals surface area contributed by atoms with Crippen LogP contribution in [0.3, 0.4) is 0 Å². The van der Waals surface area contributed by atoms with E-state index in [1.54, 1.807) is 42.6 Å². The first-order chi connectivity index (χ1) is 30.9. The SMILES string of the molecule is COC(=O)NC(C(=O)N1C(c2ncc(-c3ccc(-c4ccc(C(=O)Nc5ccc(N6CCN(C(=O)C7CC7(C)C)CC6C)nc5)cc4OC(F)(F)F)cc3)[nH]2)CC2CCCCC21)C(C)C. The van der Waals surface area contributed by atoms with E-state index in [2.05, 4.69) is 44.1 Å². The number of benzene rings is 2. The largest absolute Gasteiger partial charge is 0.573 e. The van der Waals surface area contributed by atoms with E-state index in [9.17, 15) is 32.3 Å². The lowest BCUT2D eigenvalue weighted by Crippen LogP contribution is -2.54. The Labute approximate surface area is 376 Å². The van der Waals surface area contributed by atoms with Gasteiger partial charge in [-0.15, -0.1) is 13.2 Å². The lowest BCUT2D eigenvalue weighted by molar-refractivity contribution is -0.274. The molecule has 4 amide bonds. The molecule has 4 aliphatic rings. The summed E-state index contributed by atoms with van der Waals surface area (Å²) in [6.07, 6.45) is 3.07. The lowest BCUT2D eigenvalue weighted by atomic mass is 9.84. The average molecular weight is 899 g/mol. The molecule has 346 valence electrons. The van der Waals surface area contributed by atoms with Gasteiger partial charge in [-0.2, -0.15) is 0 Å². The van der Waals surface area contributed by atoms with Crippen LogP contribution in [0.15, 0.2) is 67.0 Å². The van der Waals surface area contributed by atoms with Crippen molar-refractivity contribution in [1.29, 1.82) is 0 Å². The summed E-state index contributed by atoms with van der Waals surface area (Å²) in [5.41, 5.74) is 2.29. The van der Waals surface area contributed by atoms with Gasteiger partial charge in [0.2, 0.25) is 11.8 Å². The number of anilines is 2. The number of nitrogens with one attached hydrogen (secondary N) is 3. The number of rotatable bonds is 11. The first kappa shape index (κ1) is 45.4. The van der Waals surface area contributed by atoms with Crippen LogP contribution in [-0.4, -0.2) is 99.8 Å². The standard InChI is InChI=1S/C48H57F3N8O6/c1-27(2)41(56-46(63)64-6)45(62)59-37-10-8-7-9-31(37)21-38(59)42-53-25-36(55-42)30-13-11-29(12-14-30)34-17-15-32(22-39(34)65-48(49,50)51)43(60)54-33-16-18-40(52-24-33)58-20-19-57(26-28(58)3)44(61)35-23-47(35,4)5/h11-18,22,24-25,27-28,31,35,37-38,41H,7-10,19-21,23,26H2,1-6H3,(H,53,55)(H,54,60)(H,56,63). The number of ether oxygens (including phenoxy) is 2. The normalized spacial score (nSPS) is 23.1. The molecule has 4 fully saturated rings. The van der Waals surface area contributed by atoms with Crippen molar-refractivity contribution >= 4 is 35.3 Å². The van der Waals surface area contributed by atoms with Crippen molar-refractivity contribution in [3.8, 4) is 28.1 Å². The second-order valence-electron chi connectivity index (χ2n) is 18.9. The van der Waals surface area contributed by atoms with Crippen LogP contribution >= 0.6 is 0 Å². The van der Waals surface area contributed by atoms with E-state index in [0.29, 0.717) is 59.7 Å². The number of alkyl halides is 3. The molecule has 2 aliphatic heterocycles. The van der Waals surface area contributed by atoms with Gasteiger partial charge in [-0.3, -0.25) is 14.4 Å². The number of amides is 4. The third-order valence-corrected chi connectivity index (χ3v) is 13.7. The predicted octanol–water partition coefficient (Wildman–Crippen LogP) is 8.59. The maximum atomic E-state index is 14.2. The van der Waals surface area contributed by atoms with Gasteiger partial charge in [0.25, 0.3) is 5.91 Å². The molecule has 17 heteroatoms. The Morgan fingerprint density at radius 3 is 2.31 bits per heavy atom. The molecule has 0 radical (unpaired) electrons. The highest BCUT2D eigenvalue weighted by molar-refractivity contribution is 6.05. The summed E-state index contributed by atoms with van der Waals surface area (Å²) in [5.74, 6) is 0.335. The molecule has 2 aliphatic carbocycles. The van der Waals surface area contributed by atoms with Crippen molar-refractivity contribution in [1.82, 2.24) is 30.1 Å². The summed E-state index contributed by atoms with van der Waals surface area (Å²) in [7, 11) is 1.27. The van der Waals surface area contributed by atoms with Crippen molar-refractivity contribution in [2.45, 2.75) is 104 Å². The number of fused-ring (bicyclic) bond motifs is 1. The number of carbonyl (C=O) groups is 4. The first-order valence-electron chi connectivity index (χ1n) is 22.5. The quantitative estimate of drug-likeness (QED) is 0.134. The molecule has 2 saturated carbocycles. The molecule has 2 aromatic heterocycles. The van der Waals surface area contributed by atoms with Crippen LogP contribution in [0.2, 0.25) is 0 Å². The smallest absolute Gasteiger partial charge is 0.453 e. The van der Waals surface area contributed by atoms with Gasteiger partial charge < -0.3 is 39.8 Å². The number of nitrogens with zero attached hydrogens (tertiary/aromatic N) is 5. The van der Waals surface area contributed by atoms with Crippen LogP contribution < -0.4 is 20.3 Å². The molecular formula is C48H57F3N8O6. The highest BCUT2D eigenvalue weighted by Gasteiger charge is 2.52. The van der Waals surface area contributed by atoms with Crippen LogP contribution in [0.4, 0.5) is 29.5 Å². The highest BCUT2D eigenvalue weighted by atomic mass is 19.4. The summed E-state index contributed by atoms with van der Waals surface area (Å²) in [4.78, 5) is 71.4. The second kappa shape index (κ2) is 18.0. The molecule has 65 heavy (non-hydrogen) atoms. The number of methoxy groups -OCH3 is 1. The van der Waals surface area contributed by atoms with Crippen molar-refractivity contribution in [3.63, 3.8) is 0 Å². The van der Waals surface area contributed by atoms with Crippen LogP contribution in [0.5, 0.6) is 5.75 Å². The zero-order chi connectivity index (χ0) is 46.4. The number of hydrogen-bond acceptors (Lipinski definition) is 9.